The topological polar surface area (TPSA) is 115 Å². The maximum Gasteiger partial charge on any atom is 0.222 e. The monoisotopic (exact) mass is 237 g/mol. The van der Waals surface area contributed by atoms with Crippen LogP contribution in [0, 0.1) is 5.92 Å². The SMILES string of the molecule is CC(CCCN)C(=O)NCCS(N)(=O)=O. The summed E-state index contributed by atoms with van der Waals surface area (Å²) in [6.45, 7) is 2.39. The van der Waals surface area contributed by atoms with E-state index in [9.17, 15) is 13.2 Å². The largest absolute Gasteiger partial charge is 0.355 e. The van der Waals surface area contributed by atoms with Gasteiger partial charge in [0.15, 0.2) is 0 Å². The van der Waals surface area contributed by atoms with Crippen LogP contribution in [0.25, 0.3) is 0 Å². The van der Waals surface area contributed by atoms with Crippen molar-refractivity contribution in [2.75, 3.05) is 18.8 Å². The van der Waals surface area contributed by atoms with Crippen molar-refractivity contribution in [1.29, 1.82) is 0 Å². The van der Waals surface area contributed by atoms with E-state index in [2.05, 4.69) is 5.32 Å². The van der Waals surface area contributed by atoms with Crippen LogP contribution in [0.15, 0.2) is 0 Å². The van der Waals surface area contributed by atoms with Gasteiger partial charge < -0.3 is 11.1 Å². The number of rotatable bonds is 7. The first kappa shape index (κ1) is 14.3. The third-order valence-electron chi connectivity index (χ3n) is 1.97. The Labute approximate surface area is 90.4 Å². The lowest BCUT2D eigenvalue weighted by atomic mass is 10.1. The summed E-state index contributed by atoms with van der Waals surface area (Å²) < 4.78 is 21.1. The number of primary sulfonamides is 1. The van der Waals surface area contributed by atoms with Crippen LogP contribution in [0.4, 0.5) is 0 Å². The van der Waals surface area contributed by atoms with Crippen LogP contribution in [0.5, 0.6) is 0 Å². The summed E-state index contributed by atoms with van der Waals surface area (Å²) in [5, 5.41) is 7.29. The van der Waals surface area contributed by atoms with E-state index in [4.69, 9.17) is 10.9 Å². The molecule has 0 radical (unpaired) electrons. The molecule has 0 aromatic rings. The van der Waals surface area contributed by atoms with Crippen LogP contribution in [0.3, 0.4) is 0 Å². The molecule has 15 heavy (non-hydrogen) atoms. The smallest absolute Gasteiger partial charge is 0.222 e. The Morgan fingerprint density at radius 3 is 2.53 bits per heavy atom. The van der Waals surface area contributed by atoms with Crippen LogP contribution < -0.4 is 16.2 Å². The van der Waals surface area contributed by atoms with Gasteiger partial charge in [-0.3, -0.25) is 4.79 Å². The maximum atomic E-state index is 11.3. The van der Waals surface area contributed by atoms with Crippen molar-refractivity contribution in [3.63, 3.8) is 0 Å². The zero-order valence-corrected chi connectivity index (χ0v) is 9.72. The second kappa shape index (κ2) is 6.76. The first-order valence-electron chi connectivity index (χ1n) is 4.85. The summed E-state index contributed by atoms with van der Waals surface area (Å²) >= 11 is 0. The van der Waals surface area contributed by atoms with Gasteiger partial charge in [-0.25, -0.2) is 13.6 Å². The molecule has 90 valence electrons. The number of nitrogens with one attached hydrogen (secondary N) is 1. The fraction of sp³-hybridized carbons (Fsp3) is 0.875. The van der Waals surface area contributed by atoms with E-state index in [0.29, 0.717) is 13.0 Å². The third kappa shape index (κ3) is 8.34. The van der Waals surface area contributed by atoms with Gasteiger partial charge in [0.25, 0.3) is 0 Å². The van der Waals surface area contributed by atoms with Gasteiger partial charge in [-0.15, -0.1) is 0 Å². The molecule has 0 aliphatic rings. The molecule has 5 N–H and O–H groups in total. The molecule has 1 unspecified atom stereocenters. The van der Waals surface area contributed by atoms with E-state index < -0.39 is 10.0 Å². The second-order valence-corrected chi connectivity index (χ2v) is 5.22. The summed E-state index contributed by atoms with van der Waals surface area (Å²) in [4.78, 5) is 11.3. The lowest BCUT2D eigenvalue weighted by molar-refractivity contribution is -0.124. The lowest BCUT2D eigenvalue weighted by Crippen LogP contribution is -2.34. The Hall–Kier alpha value is -0.660. The Morgan fingerprint density at radius 2 is 2.07 bits per heavy atom. The van der Waals surface area contributed by atoms with Crippen molar-refractivity contribution in [3.8, 4) is 0 Å². The molecule has 0 heterocycles. The van der Waals surface area contributed by atoms with Crippen LogP contribution in [-0.2, 0) is 14.8 Å². The molecule has 0 saturated carbocycles. The molecule has 0 bridgehead atoms. The highest BCUT2D eigenvalue weighted by Gasteiger charge is 2.12. The molecule has 0 aliphatic carbocycles. The standard InChI is InChI=1S/C8H19N3O3S/c1-7(3-2-4-9)8(12)11-5-6-15(10,13)14/h7H,2-6,9H2,1H3,(H,11,12)(H2,10,13,14). The summed E-state index contributed by atoms with van der Waals surface area (Å²) in [5.41, 5.74) is 5.31. The number of carbonyl (C=O) groups is 1. The average Bonchev–Trinajstić information content (AvgIpc) is 2.11. The molecule has 6 nitrogen and oxygen atoms in total. The zero-order valence-electron chi connectivity index (χ0n) is 8.90. The Kier molecular flexibility index (Phi) is 6.46. The molecular formula is C8H19N3O3S. The first-order valence-corrected chi connectivity index (χ1v) is 6.56. The third-order valence-corrected chi connectivity index (χ3v) is 2.75. The second-order valence-electron chi connectivity index (χ2n) is 3.49. The molecule has 1 atom stereocenters. The predicted molar refractivity (Wildman–Crippen MR) is 58.4 cm³/mol. The van der Waals surface area contributed by atoms with Gasteiger partial charge in [0.05, 0.1) is 5.75 Å². The number of nitrogens with two attached hydrogens (primary N) is 2. The molecule has 0 aromatic heterocycles. The Morgan fingerprint density at radius 1 is 1.47 bits per heavy atom. The number of sulfonamides is 1. The molecule has 0 aromatic carbocycles. The summed E-state index contributed by atoms with van der Waals surface area (Å²) in [5.74, 6) is -0.538. The van der Waals surface area contributed by atoms with Crippen LogP contribution in [-0.4, -0.2) is 33.2 Å². The highest BCUT2D eigenvalue weighted by atomic mass is 32.2. The Bertz CT molecular complexity index is 290. The minimum absolute atomic E-state index is 0.0602. The van der Waals surface area contributed by atoms with E-state index in [1.165, 1.54) is 0 Å². The average molecular weight is 237 g/mol. The number of amides is 1. The van der Waals surface area contributed by atoms with Crippen molar-refractivity contribution >= 4 is 15.9 Å². The molecule has 0 spiro atoms. The van der Waals surface area contributed by atoms with E-state index in [0.717, 1.165) is 6.42 Å². The normalized spacial score (nSPS) is 13.5. The molecule has 0 saturated heterocycles. The van der Waals surface area contributed by atoms with Crippen molar-refractivity contribution in [3.05, 3.63) is 0 Å². The van der Waals surface area contributed by atoms with E-state index in [1.807, 2.05) is 0 Å². The molecule has 0 rings (SSSR count). The molecular weight excluding hydrogens is 218 g/mol. The lowest BCUT2D eigenvalue weighted by Gasteiger charge is -2.10. The van der Waals surface area contributed by atoms with Crippen LogP contribution in [0.2, 0.25) is 0 Å². The quantitative estimate of drug-likeness (QED) is 0.514. The predicted octanol–water partition coefficient (Wildman–Crippen LogP) is -1.23. The van der Waals surface area contributed by atoms with Gasteiger partial charge in [0.1, 0.15) is 0 Å². The van der Waals surface area contributed by atoms with Crippen LogP contribution >= 0.6 is 0 Å². The van der Waals surface area contributed by atoms with Gasteiger partial charge in [-0.05, 0) is 19.4 Å². The van der Waals surface area contributed by atoms with Crippen molar-refractivity contribution in [1.82, 2.24) is 5.32 Å². The van der Waals surface area contributed by atoms with Crippen LogP contribution in [0.1, 0.15) is 19.8 Å². The minimum atomic E-state index is -3.50. The molecule has 7 heteroatoms. The van der Waals surface area contributed by atoms with E-state index in [1.54, 1.807) is 6.92 Å². The van der Waals surface area contributed by atoms with E-state index in [-0.39, 0.29) is 24.1 Å². The van der Waals surface area contributed by atoms with Gasteiger partial charge in [-0.2, -0.15) is 0 Å². The number of carbonyl (C=O) groups excluding carboxylic acids is 1. The van der Waals surface area contributed by atoms with Gasteiger partial charge in [0, 0.05) is 12.5 Å². The fourth-order valence-corrected chi connectivity index (χ4v) is 1.43. The maximum absolute atomic E-state index is 11.3. The Balaban J connectivity index is 3.74. The summed E-state index contributed by atoms with van der Waals surface area (Å²) in [6.07, 6.45) is 1.49. The van der Waals surface area contributed by atoms with Crippen molar-refractivity contribution in [2.45, 2.75) is 19.8 Å². The van der Waals surface area contributed by atoms with Crippen molar-refractivity contribution in [2.24, 2.45) is 16.8 Å². The highest BCUT2D eigenvalue weighted by Crippen LogP contribution is 2.03. The molecule has 0 fully saturated rings. The minimum Gasteiger partial charge on any atom is -0.355 e. The highest BCUT2D eigenvalue weighted by molar-refractivity contribution is 7.89. The molecule has 1 amide bonds. The first-order chi connectivity index (χ1) is 6.87. The number of hydrogen-bond donors (Lipinski definition) is 3. The summed E-state index contributed by atoms with van der Waals surface area (Å²) in [7, 11) is -3.50. The molecule has 0 aliphatic heterocycles. The fourth-order valence-electron chi connectivity index (χ4n) is 1.05. The van der Waals surface area contributed by atoms with Gasteiger partial charge in [0.2, 0.25) is 15.9 Å². The zero-order chi connectivity index (χ0) is 11.9. The van der Waals surface area contributed by atoms with Gasteiger partial charge >= 0.3 is 0 Å². The van der Waals surface area contributed by atoms with Crippen molar-refractivity contribution < 1.29 is 13.2 Å². The summed E-state index contributed by atoms with van der Waals surface area (Å²) in [6, 6.07) is 0. The number of hydrogen-bond acceptors (Lipinski definition) is 4. The van der Waals surface area contributed by atoms with E-state index >= 15 is 0 Å². The van der Waals surface area contributed by atoms with Gasteiger partial charge in [-0.1, -0.05) is 6.92 Å².